The zero-order valence-corrected chi connectivity index (χ0v) is 14.3. The second-order valence-corrected chi connectivity index (χ2v) is 6.25. The van der Waals surface area contributed by atoms with Crippen molar-refractivity contribution in [2.75, 3.05) is 0 Å². The molecule has 1 radical (unpaired) electrons. The van der Waals surface area contributed by atoms with E-state index in [0.717, 1.165) is 12.8 Å². The Balaban J connectivity index is 2.18. The Hall–Kier alpha value is -2.60. The maximum absolute atomic E-state index is 3.47. The van der Waals surface area contributed by atoms with Crippen molar-refractivity contribution in [3.05, 3.63) is 83.9 Å². The van der Waals surface area contributed by atoms with Gasteiger partial charge in [0.05, 0.1) is 0 Å². The lowest BCUT2D eigenvalue weighted by Crippen LogP contribution is -1.96. The summed E-state index contributed by atoms with van der Waals surface area (Å²) in [6, 6.07) is 27.6. The normalized spacial score (nSPS) is 11.2. The number of rotatable bonds is 3. The van der Waals surface area contributed by atoms with Crippen LogP contribution in [0, 0.1) is 6.07 Å². The Kier molecular flexibility index (Phi) is 3.82. The molecule has 0 saturated heterocycles. The highest BCUT2D eigenvalue weighted by molar-refractivity contribution is 6.14. The third-order valence-electron chi connectivity index (χ3n) is 4.94. The Morgan fingerprint density at radius 3 is 2.21 bits per heavy atom. The molecule has 4 aromatic rings. The predicted octanol–water partition coefficient (Wildman–Crippen LogP) is 6.58. The number of benzene rings is 4. The quantitative estimate of drug-likeness (QED) is 0.375. The van der Waals surface area contributed by atoms with Gasteiger partial charge in [-0.2, -0.15) is 0 Å². The molecule has 0 atom stereocenters. The lowest BCUT2D eigenvalue weighted by molar-refractivity contribution is 1.09. The molecule has 0 saturated carbocycles. The standard InChI is InChI=1S/C24H21/c1-3-17-11-9-12-18(4-2)24(17)23-16-19-10-5-6-13-20(19)21-14-7-8-15-22(21)23/h5-11,13-16H,3-4H2,1-2H3. The van der Waals surface area contributed by atoms with Crippen molar-refractivity contribution < 1.29 is 0 Å². The van der Waals surface area contributed by atoms with Crippen LogP contribution in [0.3, 0.4) is 0 Å². The van der Waals surface area contributed by atoms with Crippen LogP contribution in [0.1, 0.15) is 25.0 Å². The van der Waals surface area contributed by atoms with Gasteiger partial charge in [-0.3, -0.25) is 0 Å². The third kappa shape index (κ3) is 2.30. The van der Waals surface area contributed by atoms with Gasteiger partial charge in [-0.15, -0.1) is 0 Å². The Labute approximate surface area is 143 Å². The minimum absolute atomic E-state index is 1.00. The van der Waals surface area contributed by atoms with Gasteiger partial charge in [0, 0.05) is 0 Å². The van der Waals surface area contributed by atoms with Crippen molar-refractivity contribution in [2.45, 2.75) is 26.7 Å². The number of fused-ring (bicyclic) bond motifs is 3. The molecule has 4 rings (SSSR count). The van der Waals surface area contributed by atoms with Gasteiger partial charge >= 0.3 is 0 Å². The Morgan fingerprint density at radius 1 is 0.750 bits per heavy atom. The maximum atomic E-state index is 3.47. The number of aryl methyl sites for hydroxylation is 2. The molecule has 0 aliphatic heterocycles. The van der Waals surface area contributed by atoms with Gasteiger partial charge in [0.2, 0.25) is 0 Å². The first kappa shape index (κ1) is 15.0. The minimum Gasteiger partial charge on any atom is -0.0616 e. The first-order chi connectivity index (χ1) is 11.8. The van der Waals surface area contributed by atoms with Crippen LogP contribution in [-0.4, -0.2) is 0 Å². The summed E-state index contributed by atoms with van der Waals surface area (Å²) in [5.74, 6) is 0. The summed E-state index contributed by atoms with van der Waals surface area (Å²) in [6.45, 7) is 4.46. The van der Waals surface area contributed by atoms with Crippen LogP contribution in [0.2, 0.25) is 0 Å². The van der Waals surface area contributed by atoms with Crippen LogP contribution in [0.5, 0.6) is 0 Å². The van der Waals surface area contributed by atoms with E-state index in [1.165, 1.54) is 43.8 Å². The second kappa shape index (κ2) is 6.13. The van der Waals surface area contributed by atoms with E-state index in [0.29, 0.717) is 0 Å². The fourth-order valence-corrected chi connectivity index (χ4v) is 3.76. The summed E-state index contributed by atoms with van der Waals surface area (Å²) in [4.78, 5) is 0. The molecule has 0 aliphatic rings. The van der Waals surface area contributed by atoms with Gasteiger partial charge in [-0.25, -0.2) is 0 Å². The molecule has 0 heteroatoms. The molecule has 0 spiro atoms. The molecule has 0 fully saturated rings. The minimum atomic E-state index is 1.00. The largest absolute Gasteiger partial charge is 0.0616 e. The molecule has 0 aliphatic carbocycles. The van der Waals surface area contributed by atoms with Crippen molar-refractivity contribution in [1.82, 2.24) is 0 Å². The molecule has 0 unspecified atom stereocenters. The summed E-state index contributed by atoms with van der Waals surface area (Å²) >= 11 is 0. The summed E-state index contributed by atoms with van der Waals surface area (Å²) in [6.07, 6.45) is 2.04. The summed E-state index contributed by atoms with van der Waals surface area (Å²) in [7, 11) is 0. The van der Waals surface area contributed by atoms with E-state index >= 15 is 0 Å². The van der Waals surface area contributed by atoms with E-state index in [2.05, 4.69) is 86.6 Å². The van der Waals surface area contributed by atoms with Gasteiger partial charge in [-0.1, -0.05) is 74.5 Å². The van der Waals surface area contributed by atoms with Crippen LogP contribution in [0.15, 0.2) is 66.7 Å². The molecule has 0 amide bonds. The molecule has 24 heavy (non-hydrogen) atoms. The molecular weight excluding hydrogens is 288 g/mol. The van der Waals surface area contributed by atoms with E-state index in [1.807, 2.05) is 0 Å². The first-order valence-electron chi connectivity index (χ1n) is 8.76. The van der Waals surface area contributed by atoms with E-state index in [9.17, 15) is 0 Å². The van der Waals surface area contributed by atoms with Gasteiger partial charge in [-0.05, 0) is 68.8 Å². The maximum Gasteiger partial charge on any atom is -0.00933 e. The smallest absolute Gasteiger partial charge is 0.00933 e. The van der Waals surface area contributed by atoms with Crippen molar-refractivity contribution in [3.63, 3.8) is 0 Å². The molecule has 0 nitrogen and oxygen atoms in total. The first-order valence-corrected chi connectivity index (χ1v) is 8.76. The molecular formula is C24H21. The van der Waals surface area contributed by atoms with E-state index in [4.69, 9.17) is 0 Å². The Bertz CT molecular complexity index is 1000. The van der Waals surface area contributed by atoms with Crippen molar-refractivity contribution in [3.8, 4) is 11.1 Å². The molecule has 0 aromatic heterocycles. The Morgan fingerprint density at radius 2 is 1.46 bits per heavy atom. The average molecular weight is 309 g/mol. The van der Waals surface area contributed by atoms with Gasteiger partial charge in [0.1, 0.15) is 0 Å². The fraction of sp³-hybridized carbons (Fsp3) is 0.167. The topological polar surface area (TPSA) is 0 Å². The molecule has 4 aromatic carbocycles. The second-order valence-electron chi connectivity index (χ2n) is 6.25. The summed E-state index contributed by atoms with van der Waals surface area (Å²) < 4.78 is 0. The van der Waals surface area contributed by atoms with Crippen molar-refractivity contribution in [2.24, 2.45) is 0 Å². The third-order valence-corrected chi connectivity index (χ3v) is 4.94. The van der Waals surface area contributed by atoms with E-state index in [1.54, 1.807) is 0 Å². The zero-order valence-electron chi connectivity index (χ0n) is 14.3. The number of hydrogen-bond donors (Lipinski definition) is 0. The molecule has 117 valence electrons. The van der Waals surface area contributed by atoms with Crippen LogP contribution in [0.25, 0.3) is 32.7 Å². The highest BCUT2D eigenvalue weighted by atomic mass is 14.2. The van der Waals surface area contributed by atoms with Crippen molar-refractivity contribution >= 4 is 21.5 Å². The van der Waals surface area contributed by atoms with Crippen molar-refractivity contribution in [1.29, 1.82) is 0 Å². The van der Waals surface area contributed by atoms with Crippen LogP contribution < -0.4 is 0 Å². The number of hydrogen-bond acceptors (Lipinski definition) is 0. The lowest BCUT2D eigenvalue weighted by atomic mass is 9.87. The van der Waals surface area contributed by atoms with Gasteiger partial charge in [0.15, 0.2) is 0 Å². The average Bonchev–Trinajstić information content (AvgIpc) is 2.66. The highest BCUT2D eigenvalue weighted by Crippen LogP contribution is 2.38. The molecule has 0 heterocycles. The van der Waals surface area contributed by atoms with E-state index < -0.39 is 0 Å². The zero-order chi connectivity index (χ0) is 16.5. The predicted molar refractivity (Wildman–Crippen MR) is 104 cm³/mol. The molecule has 0 bridgehead atoms. The lowest BCUT2D eigenvalue weighted by Gasteiger charge is -2.17. The molecule has 0 N–H and O–H groups in total. The summed E-state index contributed by atoms with van der Waals surface area (Å²) in [5, 5.41) is 5.30. The van der Waals surface area contributed by atoms with Crippen LogP contribution >= 0.6 is 0 Å². The fourth-order valence-electron chi connectivity index (χ4n) is 3.76. The summed E-state index contributed by atoms with van der Waals surface area (Å²) in [5.41, 5.74) is 5.44. The SMILES string of the molecule is CCc1[c]ccc(CC)c1-c1cc2ccccc2c2ccccc12. The monoisotopic (exact) mass is 309 g/mol. The highest BCUT2D eigenvalue weighted by Gasteiger charge is 2.13. The van der Waals surface area contributed by atoms with Crippen LogP contribution in [-0.2, 0) is 12.8 Å². The van der Waals surface area contributed by atoms with Gasteiger partial charge in [0.25, 0.3) is 0 Å². The van der Waals surface area contributed by atoms with Gasteiger partial charge < -0.3 is 0 Å². The van der Waals surface area contributed by atoms with E-state index in [-0.39, 0.29) is 0 Å². The van der Waals surface area contributed by atoms with Crippen LogP contribution in [0.4, 0.5) is 0 Å².